The van der Waals surface area contributed by atoms with Crippen molar-refractivity contribution >= 4 is 34.9 Å². The fraction of sp³-hybridized carbons (Fsp3) is 0.700. The lowest BCUT2D eigenvalue weighted by Crippen LogP contribution is -2.30. The Morgan fingerprint density at radius 2 is 2.53 bits per heavy atom. The summed E-state index contributed by atoms with van der Waals surface area (Å²) >= 11 is 5.92. The van der Waals surface area contributed by atoms with Crippen LogP contribution in [0.25, 0.3) is 0 Å². The van der Waals surface area contributed by atoms with Gasteiger partial charge >= 0.3 is 0 Å². The van der Waals surface area contributed by atoms with E-state index in [-0.39, 0.29) is 0 Å². The number of rotatable bonds is 4. The summed E-state index contributed by atoms with van der Waals surface area (Å²) in [6, 6.07) is 0.449. The van der Waals surface area contributed by atoms with Gasteiger partial charge in [-0.15, -0.1) is 11.3 Å². The number of hydrogen-bond donors (Lipinski definition) is 1. The predicted molar refractivity (Wildman–Crippen MR) is 72.1 cm³/mol. The van der Waals surface area contributed by atoms with Crippen molar-refractivity contribution in [3.8, 4) is 0 Å². The maximum atomic E-state index is 4.11. The Morgan fingerprint density at radius 3 is 3.20 bits per heavy atom. The number of aromatic nitrogens is 1. The summed E-state index contributed by atoms with van der Waals surface area (Å²) in [7, 11) is 0. The summed E-state index contributed by atoms with van der Waals surface area (Å²) in [5.41, 5.74) is 1.90. The Morgan fingerprint density at radius 1 is 1.60 bits per heavy atom. The van der Waals surface area contributed by atoms with E-state index in [2.05, 4.69) is 40.7 Å². The number of thiazole rings is 1. The second kappa shape index (κ2) is 6.13. The van der Waals surface area contributed by atoms with Gasteiger partial charge in [0.1, 0.15) is 0 Å². The van der Waals surface area contributed by atoms with E-state index >= 15 is 0 Å². The van der Waals surface area contributed by atoms with E-state index in [1.165, 1.54) is 22.1 Å². The van der Waals surface area contributed by atoms with E-state index in [0.717, 1.165) is 11.8 Å². The van der Waals surface area contributed by atoms with Crippen LogP contribution in [0.2, 0.25) is 0 Å². The molecule has 2 rings (SSSR count). The van der Waals surface area contributed by atoms with Crippen molar-refractivity contribution in [1.29, 1.82) is 0 Å². The van der Waals surface area contributed by atoms with Crippen LogP contribution in [-0.4, -0.2) is 34.0 Å². The predicted octanol–water partition coefficient (Wildman–Crippen LogP) is 2.64. The van der Waals surface area contributed by atoms with Gasteiger partial charge in [-0.25, -0.2) is 0 Å². The van der Waals surface area contributed by atoms with Gasteiger partial charge in [-0.1, -0.05) is 0 Å². The lowest BCUT2D eigenvalue weighted by atomic mass is 10.3. The fourth-order valence-corrected chi connectivity index (χ4v) is 4.78. The van der Waals surface area contributed by atoms with Gasteiger partial charge < -0.3 is 5.32 Å². The maximum Gasteiger partial charge on any atom is 0.0794 e. The van der Waals surface area contributed by atoms with Gasteiger partial charge in [0, 0.05) is 46.2 Å². The van der Waals surface area contributed by atoms with Crippen LogP contribution in [0, 0.1) is 0 Å². The first kappa shape index (κ1) is 11.8. The van der Waals surface area contributed by atoms with Gasteiger partial charge in [0.25, 0.3) is 0 Å². The molecule has 1 fully saturated rings. The number of nitrogens with zero attached hydrogens (tertiary/aromatic N) is 1. The van der Waals surface area contributed by atoms with Crippen LogP contribution >= 0.6 is 34.9 Å². The van der Waals surface area contributed by atoms with Gasteiger partial charge in [0.2, 0.25) is 0 Å². The molecular formula is C10H16N2S3. The molecule has 1 aliphatic heterocycles. The highest BCUT2D eigenvalue weighted by molar-refractivity contribution is 8.06. The lowest BCUT2D eigenvalue weighted by Gasteiger charge is -2.23. The SMILES string of the molecule is CC(NCC1CSCCS1)c1cncs1. The summed E-state index contributed by atoms with van der Waals surface area (Å²) in [5, 5.41) is 4.38. The highest BCUT2D eigenvalue weighted by Gasteiger charge is 2.15. The molecule has 0 bridgehead atoms. The molecule has 0 spiro atoms. The summed E-state index contributed by atoms with van der Waals surface area (Å²) in [4.78, 5) is 5.44. The van der Waals surface area contributed by atoms with Gasteiger partial charge in [-0.2, -0.15) is 23.5 Å². The summed E-state index contributed by atoms with van der Waals surface area (Å²) in [6.07, 6.45) is 1.96. The summed E-state index contributed by atoms with van der Waals surface area (Å²) in [5.74, 6) is 3.94. The fourth-order valence-electron chi connectivity index (χ4n) is 1.50. The van der Waals surface area contributed by atoms with Crippen LogP contribution in [0.5, 0.6) is 0 Å². The van der Waals surface area contributed by atoms with Crippen molar-refractivity contribution in [1.82, 2.24) is 10.3 Å². The van der Waals surface area contributed by atoms with E-state index in [0.29, 0.717) is 6.04 Å². The first-order valence-corrected chi connectivity index (χ1v) is 8.25. The van der Waals surface area contributed by atoms with Crippen LogP contribution in [0.1, 0.15) is 17.8 Å². The highest BCUT2D eigenvalue weighted by atomic mass is 32.2. The zero-order chi connectivity index (χ0) is 10.5. The first-order chi connectivity index (χ1) is 7.36. The Hall–Kier alpha value is 0.290. The van der Waals surface area contributed by atoms with Crippen molar-refractivity contribution in [2.45, 2.75) is 18.2 Å². The molecule has 1 N–H and O–H groups in total. The Bertz CT molecular complexity index is 270. The molecule has 1 aromatic rings. The standard InChI is InChI=1S/C10H16N2S3/c1-8(10-5-11-7-15-10)12-4-9-6-13-2-3-14-9/h5,7-9,12H,2-4,6H2,1H3. The smallest absolute Gasteiger partial charge is 0.0794 e. The molecule has 2 heterocycles. The van der Waals surface area contributed by atoms with Gasteiger partial charge in [-0.05, 0) is 6.92 Å². The average Bonchev–Trinajstić information content (AvgIpc) is 2.81. The Balaban J connectivity index is 1.73. The maximum absolute atomic E-state index is 4.11. The number of hydrogen-bond acceptors (Lipinski definition) is 5. The monoisotopic (exact) mass is 260 g/mol. The average molecular weight is 260 g/mol. The second-order valence-electron chi connectivity index (χ2n) is 3.60. The molecule has 0 radical (unpaired) electrons. The molecule has 2 nitrogen and oxygen atoms in total. The van der Waals surface area contributed by atoms with E-state index in [1.807, 2.05) is 11.7 Å². The third kappa shape index (κ3) is 3.66. The molecule has 0 aliphatic carbocycles. The van der Waals surface area contributed by atoms with E-state index in [1.54, 1.807) is 11.3 Å². The molecule has 5 heteroatoms. The van der Waals surface area contributed by atoms with Crippen LogP contribution < -0.4 is 5.32 Å². The van der Waals surface area contributed by atoms with Crippen molar-refractivity contribution in [3.05, 3.63) is 16.6 Å². The molecule has 0 amide bonds. The van der Waals surface area contributed by atoms with E-state index < -0.39 is 0 Å². The summed E-state index contributed by atoms with van der Waals surface area (Å²) in [6.45, 7) is 3.34. The Labute approximate surface area is 104 Å². The minimum absolute atomic E-state index is 0.449. The van der Waals surface area contributed by atoms with E-state index in [4.69, 9.17) is 0 Å². The highest BCUT2D eigenvalue weighted by Crippen LogP contribution is 2.24. The molecule has 1 aliphatic rings. The van der Waals surface area contributed by atoms with E-state index in [9.17, 15) is 0 Å². The lowest BCUT2D eigenvalue weighted by molar-refractivity contribution is 0.584. The normalized spacial score (nSPS) is 23.9. The molecular weight excluding hydrogens is 244 g/mol. The van der Waals surface area contributed by atoms with Crippen LogP contribution in [0.4, 0.5) is 0 Å². The van der Waals surface area contributed by atoms with Crippen LogP contribution in [-0.2, 0) is 0 Å². The topological polar surface area (TPSA) is 24.9 Å². The number of thioether (sulfide) groups is 2. The van der Waals surface area contributed by atoms with Gasteiger partial charge in [0.15, 0.2) is 0 Å². The largest absolute Gasteiger partial charge is 0.308 e. The van der Waals surface area contributed by atoms with Crippen LogP contribution in [0.3, 0.4) is 0 Å². The minimum atomic E-state index is 0.449. The molecule has 1 saturated heterocycles. The zero-order valence-electron chi connectivity index (χ0n) is 8.81. The third-order valence-corrected chi connectivity index (χ3v) is 6.22. The molecule has 2 unspecified atom stereocenters. The minimum Gasteiger partial charge on any atom is -0.308 e. The van der Waals surface area contributed by atoms with Crippen molar-refractivity contribution < 1.29 is 0 Å². The van der Waals surface area contributed by atoms with Crippen molar-refractivity contribution in [2.24, 2.45) is 0 Å². The Kier molecular flexibility index (Phi) is 4.81. The second-order valence-corrected chi connectivity index (χ2v) is 7.08. The molecule has 15 heavy (non-hydrogen) atoms. The third-order valence-electron chi connectivity index (χ3n) is 2.41. The molecule has 1 aromatic heterocycles. The van der Waals surface area contributed by atoms with Crippen molar-refractivity contribution in [3.63, 3.8) is 0 Å². The van der Waals surface area contributed by atoms with Gasteiger partial charge in [-0.3, -0.25) is 4.98 Å². The van der Waals surface area contributed by atoms with Crippen molar-refractivity contribution in [2.75, 3.05) is 23.8 Å². The molecule has 0 aromatic carbocycles. The van der Waals surface area contributed by atoms with Crippen LogP contribution in [0.15, 0.2) is 11.7 Å². The molecule has 84 valence electrons. The summed E-state index contributed by atoms with van der Waals surface area (Å²) < 4.78 is 0. The number of nitrogens with one attached hydrogen (secondary N) is 1. The molecule has 0 saturated carbocycles. The quantitative estimate of drug-likeness (QED) is 0.899. The zero-order valence-corrected chi connectivity index (χ0v) is 11.3. The first-order valence-electron chi connectivity index (χ1n) is 5.17. The van der Waals surface area contributed by atoms with Gasteiger partial charge in [0.05, 0.1) is 5.51 Å². The molecule has 2 atom stereocenters.